The predicted octanol–water partition coefficient (Wildman–Crippen LogP) is 6.22. The Morgan fingerprint density at radius 2 is 1.71 bits per heavy atom. The van der Waals surface area contributed by atoms with Crippen LogP contribution in [0.4, 0.5) is 5.13 Å². The van der Waals surface area contributed by atoms with Gasteiger partial charge < -0.3 is 14.2 Å². The average Bonchev–Trinajstić information content (AvgIpc) is 3.31. The molecule has 0 aliphatic heterocycles. The van der Waals surface area contributed by atoms with E-state index in [1.165, 1.54) is 17.4 Å². The summed E-state index contributed by atoms with van der Waals surface area (Å²) in [4.78, 5) is 19.7. The van der Waals surface area contributed by atoms with E-state index < -0.39 is 0 Å². The molecule has 8 heteroatoms. The molecule has 174 valence electrons. The number of thiazole rings is 1. The smallest absolute Gasteiger partial charge is 0.253 e. The van der Waals surface area contributed by atoms with Gasteiger partial charge in [0.15, 0.2) is 16.6 Å². The molecule has 1 heterocycles. The van der Waals surface area contributed by atoms with E-state index in [2.05, 4.69) is 4.98 Å². The SMILES string of the molecule is COc1cc(/C=C/C(=O)N(Cc2ccccc2)c2nc3c(Cl)cccc3s2)cc(OC)c1OC. The fraction of sp³-hybridized carbons (Fsp3) is 0.154. The van der Waals surface area contributed by atoms with Crippen LogP contribution in [-0.2, 0) is 11.3 Å². The van der Waals surface area contributed by atoms with Crippen molar-refractivity contribution in [3.63, 3.8) is 0 Å². The topological polar surface area (TPSA) is 60.9 Å². The number of ether oxygens (including phenoxy) is 3. The van der Waals surface area contributed by atoms with Gasteiger partial charge in [-0.25, -0.2) is 4.98 Å². The maximum Gasteiger partial charge on any atom is 0.253 e. The van der Waals surface area contributed by atoms with Crippen LogP contribution in [0.2, 0.25) is 5.02 Å². The zero-order valence-corrected chi connectivity index (χ0v) is 20.5. The van der Waals surface area contributed by atoms with Crippen molar-refractivity contribution in [2.45, 2.75) is 6.54 Å². The second kappa shape index (κ2) is 10.6. The molecule has 0 N–H and O–H groups in total. The number of rotatable bonds is 8. The number of methoxy groups -OCH3 is 3. The molecule has 0 fully saturated rings. The first-order valence-corrected chi connectivity index (χ1v) is 11.6. The highest BCUT2D eigenvalue weighted by molar-refractivity contribution is 7.22. The van der Waals surface area contributed by atoms with Crippen molar-refractivity contribution in [2.24, 2.45) is 0 Å². The maximum absolute atomic E-state index is 13.4. The molecule has 0 radical (unpaired) electrons. The molecule has 4 aromatic rings. The lowest BCUT2D eigenvalue weighted by molar-refractivity contribution is -0.114. The van der Waals surface area contributed by atoms with Gasteiger partial charge in [-0.3, -0.25) is 9.69 Å². The molecule has 0 saturated carbocycles. The molecular formula is C26H23ClN2O4S. The average molecular weight is 495 g/mol. The van der Waals surface area contributed by atoms with Gasteiger partial charge >= 0.3 is 0 Å². The molecule has 34 heavy (non-hydrogen) atoms. The summed E-state index contributed by atoms with van der Waals surface area (Å²) in [7, 11) is 4.65. The van der Waals surface area contributed by atoms with E-state index >= 15 is 0 Å². The number of hydrogen-bond donors (Lipinski definition) is 0. The van der Waals surface area contributed by atoms with Crippen molar-refractivity contribution in [3.8, 4) is 17.2 Å². The Labute approximate surface area is 207 Å². The zero-order chi connectivity index (χ0) is 24.1. The van der Waals surface area contributed by atoms with E-state index in [0.717, 1.165) is 15.8 Å². The van der Waals surface area contributed by atoms with Gasteiger partial charge in [0.2, 0.25) is 5.75 Å². The molecule has 4 rings (SSSR count). The van der Waals surface area contributed by atoms with E-state index in [1.54, 1.807) is 50.5 Å². The normalized spacial score (nSPS) is 11.1. The minimum atomic E-state index is -0.215. The lowest BCUT2D eigenvalue weighted by Crippen LogP contribution is -2.28. The molecule has 0 spiro atoms. The fourth-order valence-corrected chi connectivity index (χ4v) is 4.75. The monoisotopic (exact) mass is 494 g/mol. The zero-order valence-electron chi connectivity index (χ0n) is 18.9. The van der Waals surface area contributed by atoms with Crippen LogP contribution in [0.5, 0.6) is 17.2 Å². The van der Waals surface area contributed by atoms with Crippen molar-refractivity contribution in [3.05, 3.63) is 82.9 Å². The molecular weight excluding hydrogens is 472 g/mol. The Kier molecular flexibility index (Phi) is 7.35. The number of carbonyl (C=O) groups excluding carboxylic acids is 1. The minimum absolute atomic E-state index is 0.215. The first-order valence-electron chi connectivity index (χ1n) is 10.4. The molecule has 0 atom stereocenters. The highest BCUT2D eigenvalue weighted by atomic mass is 35.5. The van der Waals surface area contributed by atoms with E-state index in [1.807, 2.05) is 42.5 Å². The van der Waals surface area contributed by atoms with Crippen LogP contribution >= 0.6 is 22.9 Å². The van der Waals surface area contributed by atoms with Crippen LogP contribution in [0, 0.1) is 0 Å². The number of amides is 1. The van der Waals surface area contributed by atoms with Crippen LogP contribution in [0.25, 0.3) is 16.3 Å². The Hall–Kier alpha value is -3.55. The summed E-state index contributed by atoms with van der Waals surface area (Å²) in [6, 6.07) is 19.0. The highest BCUT2D eigenvalue weighted by Crippen LogP contribution is 2.38. The maximum atomic E-state index is 13.4. The molecule has 1 amide bonds. The Morgan fingerprint density at radius 1 is 1.00 bits per heavy atom. The summed E-state index contributed by atoms with van der Waals surface area (Å²) in [5, 5.41) is 1.13. The largest absolute Gasteiger partial charge is 0.493 e. The molecule has 0 unspecified atom stereocenters. The molecule has 0 bridgehead atoms. The van der Waals surface area contributed by atoms with Crippen LogP contribution < -0.4 is 19.1 Å². The summed E-state index contributed by atoms with van der Waals surface area (Å²) in [5.74, 6) is 1.30. The first-order chi connectivity index (χ1) is 16.5. The van der Waals surface area contributed by atoms with Crippen LogP contribution in [-0.4, -0.2) is 32.2 Å². The summed E-state index contributed by atoms with van der Waals surface area (Å²) in [6.45, 7) is 0.372. The second-order valence-corrected chi connectivity index (χ2v) is 8.70. The number of aromatic nitrogens is 1. The number of fused-ring (bicyclic) bond motifs is 1. The van der Waals surface area contributed by atoms with Crippen molar-refractivity contribution in [1.29, 1.82) is 0 Å². The van der Waals surface area contributed by atoms with Gasteiger partial charge in [-0.2, -0.15) is 0 Å². The first kappa shape index (κ1) is 23.6. The minimum Gasteiger partial charge on any atom is -0.493 e. The number of hydrogen-bond acceptors (Lipinski definition) is 6. The third kappa shape index (κ3) is 5.00. The van der Waals surface area contributed by atoms with Crippen LogP contribution in [0.3, 0.4) is 0 Å². The lowest BCUT2D eigenvalue weighted by Gasteiger charge is -2.18. The van der Waals surface area contributed by atoms with Crippen molar-refractivity contribution in [1.82, 2.24) is 4.98 Å². The van der Waals surface area contributed by atoms with Gasteiger partial charge in [-0.05, 0) is 41.5 Å². The standard InChI is InChI=1S/C26H23ClN2O4S/c1-31-20-14-18(15-21(32-2)25(20)33-3)12-13-23(30)29(16-17-8-5-4-6-9-17)26-28-24-19(27)10-7-11-22(24)34-26/h4-15H,16H2,1-3H3/b13-12+. The van der Waals surface area contributed by atoms with Gasteiger partial charge in [0, 0.05) is 6.08 Å². The number of carbonyl (C=O) groups is 1. The number of halogens is 1. The summed E-state index contributed by atoms with van der Waals surface area (Å²) in [5.41, 5.74) is 2.40. The number of para-hydroxylation sites is 1. The molecule has 0 aliphatic rings. The molecule has 6 nitrogen and oxygen atoms in total. The Morgan fingerprint density at radius 3 is 2.32 bits per heavy atom. The summed E-state index contributed by atoms with van der Waals surface area (Å²) < 4.78 is 17.1. The van der Waals surface area contributed by atoms with E-state index in [-0.39, 0.29) is 5.91 Å². The van der Waals surface area contributed by atoms with E-state index in [4.69, 9.17) is 25.8 Å². The van der Waals surface area contributed by atoms with Crippen molar-refractivity contribution < 1.29 is 19.0 Å². The molecule has 1 aromatic heterocycles. The van der Waals surface area contributed by atoms with Crippen LogP contribution in [0.15, 0.2) is 66.7 Å². The number of benzene rings is 3. The summed E-state index contributed by atoms with van der Waals surface area (Å²) >= 11 is 7.76. The van der Waals surface area contributed by atoms with Gasteiger partial charge in [-0.15, -0.1) is 0 Å². The fourth-order valence-electron chi connectivity index (χ4n) is 3.48. The third-order valence-electron chi connectivity index (χ3n) is 5.14. The van der Waals surface area contributed by atoms with Crippen LogP contribution in [0.1, 0.15) is 11.1 Å². The van der Waals surface area contributed by atoms with Gasteiger partial charge in [0.25, 0.3) is 5.91 Å². The second-order valence-electron chi connectivity index (χ2n) is 7.29. The molecule has 0 aliphatic carbocycles. The van der Waals surface area contributed by atoms with Gasteiger partial charge in [0.05, 0.1) is 37.6 Å². The van der Waals surface area contributed by atoms with Gasteiger partial charge in [-0.1, -0.05) is 59.3 Å². The molecule has 0 saturated heterocycles. The quantitative estimate of drug-likeness (QED) is 0.272. The Bertz CT molecular complexity index is 1310. The lowest BCUT2D eigenvalue weighted by atomic mass is 10.1. The molecule has 3 aromatic carbocycles. The number of anilines is 1. The highest BCUT2D eigenvalue weighted by Gasteiger charge is 2.20. The Balaban J connectivity index is 1.69. The third-order valence-corrected chi connectivity index (χ3v) is 6.49. The predicted molar refractivity (Wildman–Crippen MR) is 137 cm³/mol. The van der Waals surface area contributed by atoms with Crippen molar-refractivity contribution >= 4 is 50.3 Å². The van der Waals surface area contributed by atoms with Gasteiger partial charge in [0.1, 0.15) is 5.52 Å². The van der Waals surface area contributed by atoms with E-state index in [0.29, 0.717) is 39.5 Å². The van der Waals surface area contributed by atoms with E-state index in [9.17, 15) is 4.79 Å². The van der Waals surface area contributed by atoms with Crippen molar-refractivity contribution in [2.75, 3.05) is 26.2 Å². The number of nitrogens with zero attached hydrogens (tertiary/aromatic N) is 2. The summed E-state index contributed by atoms with van der Waals surface area (Å²) in [6.07, 6.45) is 3.22.